The molecule has 0 saturated heterocycles. The minimum absolute atomic E-state index is 0.204. The van der Waals surface area contributed by atoms with E-state index in [1.807, 2.05) is 131 Å². The number of thiazole rings is 2. The molecule has 14 heteroatoms. The summed E-state index contributed by atoms with van der Waals surface area (Å²) in [6.45, 7) is 0. The van der Waals surface area contributed by atoms with Gasteiger partial charge in [0, 0.05) is 55.1 Å². The number of esters is 2. The average molecular weight is 895 g/mol. The maximum Gasteiger partial charge on any atom is 0.314 e. The van der Waals surface area contributed by atoms with E-state index in [4.69, 9.17) is 19.4 Å². The Hall–Kier alpha value is -2.30. The van der Waals surface area contributed by atoms with Gasteiger partial charge in [-0.15, -0.1) is 58.0 Å². The smallest absolute Gasteiger partial charge is 0.314 e. The van der Waals surface area contributed by atoms with E-state index in [1.165, 1.54) is 19.3 Å². The molecule has 0 radical (unpaired) electrons. The first-order valence-electron chi connectivity index (χ1n) is 18.5. The van der Waals surface area contributed by atoms with Crippen molar-refractivity contribution < 1.29 is 19.1 Å². The van der Waals surface area contributed by atoms with Crippen LogP contribution in [0.1, 0.15) is 30.7 Å². The van der Waals surface area contributed by atoms with Crippen LogP contribution in [0.3, 0.4) is 0 Å². The molecule has 7 rings (SSSR count). The predicted molar refractivity (Wildman–Crippen MR) is 247 cm³/mol. The van der Waals surface area contributed by atoms with Crippen LogP contribution in [0.25, 0.3) is 20.4 Å². The molecule has 1 aliphatic carbocycles. The number of thioether (sulfide) groups is 6. The molecule has 6 nitrogen and oxygen atoms in total. The van der Waals surface area contributed by atoms with E-state index in [0.717, 1.165) is 65.6 Å². The van der Waals surface area contributed by atoms with Gasteiger partial charge in [-0.05, 0) is 98.5 Å². The van der Waals surface area contributed by atoms with Crippen LogP contribution >= 0.6 is 93.2 Å². The molecule has 0 N–H and O–H groups in total. The summed E-state index contributed by atoms with van der Waals surface area (Å²) in [5.41, 5.74) is 2.18. The van der Waals surface area contributed by atoms with Crippen molar-refractivity contribution in [1.29, 1.82) is 0 Å². The van der Waals surface area contributed by atoms with E-state index in [0.29, 0.717) is 37.2 Å². The average Bonchev–Trinajstić information content (AvgIpc) is 3.85. The van der Waals surface area contributed by atoms with Gasteiger partial charge in [0.2, 0.25) is 0 Å². The summed E-state index contributed by atoms with van der Waals surface area (Å²) in [7, 11) is 0. The molecule has 4 aromatic carbocycles. The summed E-state index contributed by atoms with van der Waals surface area (Å²) >= 11 is 14.9. The fraction of sp³-hybridized carbons (Fsp3) is 0.333. The molecule has 1 saturated carbocycles. The fourth-order valence-corrected chi connectivity index (χ4v) is 14.3. The summed E-state index contributed by atoms with van der Waals surface area (Å²) in [5, 5.41) is 2.24. The zero-order chi connectivity index (χ0) is 38.4. The molecule has 0 atom stereocenters. The lowest BCUT2D eigenvalue weighted by atomic mass is 9.82. The number of para-hydroxylation sites is 2. The van der Waals surface area contributed by atoms with E-state index in [-0.39, 0.29) is 23.8 Å². The quantitative estimate of drug-likeness (QED) is 0.0241. The number of carbonyl (C=O) groups is 2. The minimum atomic E-state index is -0.216. The summed E-state index contributed by atoms with van der Waals surface area (Å²) in [5.74, 6) is 7.61. The van der Waals surface area contributed by atoms with Gasteiger partial charge in [-0.3, -0.25) is 9.59 Å². The molecule has 292 valence electrons. The van der Waals surface area contributed by atoms with Gasteiger partial charge in [0.25, 0.3) is 0 Å². The van der Waals surface area contributed by atoms with Gasteiger partial charge in [-0.2, -0.15) is 23.5 Å². The molecular formula is C42H42N2O4S8. The van der Waals surface area contributed by atoms with Gasteiger partial charge in [0.1, 0.15) is 16.5 Å². The van der Waals surface area contributed by atoms with Crippen LogP contribution in [0.2, 0.25) is 0 Å². The van der Waals surface area contributed by atoms with Gasteiger partial charge in [0.05, 0.1) is 32.3 Å². The Labute approximate surface area is 362 Å². The van der Waals surface area contributed by atoms with E-state index in [1.54, 1.807) is 22.7 Å². The summed E-state index contributed by atoms with van der Waals surface area (Å²) < 4.78 is 15.1. The van der Waals surface area contributed by atoms with Gasteiger partial charge in [-0.1, -0.05) is 36.0 Å². The number of benzene rings is 4. The van der Waals surface area contributed by atoms with Crippen LogP contribution in [-0.2, 0) is 15.3 Å². The fourth-order valence-electron chi connectivity index (χ4n) is 6.04. The number of hydrogen-bond donors (Lipinski definition) is 0. The standard InChI is InChI=1S/C42H42N2O4S8/c45-40(47-31-13-17-33(18-14-31)52-24-21-49-22-26-54-42-44-36-6-2-4-8-38(36)56-42)29-9-11-30(12-10-29)41(46)48-32-15-19-34(20-16-32)53-25-23-50-28-51-27-39-43-35-5-1-3-7-37(35)55-39/h1-8,13-20,29-30H,9-12,21-28H2. The molecule has 6 aromatic rings. The van der Waals surface area contributed by atoms with Crippen molar-refractivity contribution in [2.24, 2.45) is 11.8 Å². The van der Waals surface area contributed by atoms with Crippen LogP contribution in [0.4, 0.5) is 0 Å². The number of rotatable bonds is 20. The molecule has 0 spiro atoms. The van der Waals surface area contributed by atoms with Crippen molar-refractivity contribution in [2.75, 3.05) is 39.6 Å². The molecular weight excluding hydrogens is 853 g/mol. The van der Waals surface area contributed by atoms with Crippen molar-refractivity contribution in [3.05, 3.63) is 102 Å². The molecule has 56 heavy (non-hydrogen) atoms. The van der Waals surface area contributed by atoms with Gasteiger partial charge in [0.15, 0.2) is 4.34 Å². The van der Waals surface area contributed by atoms with Crippen LogP contribution in [0.15, 0.2) is 111 Å². The molecule has 0 amide bonds. The molecule has 1 aliphatic rings. The summed E-state index contributed by atoms with van der Waals surface area (Å²) in [6.07, 6.45) is 2.49. The van der Waals surface area contributed by atoms with E-state index in [9.17, 15) is 9.59 Å². The van der Waals surface area contributed by atoms with Crippen molar-refractivity contribution >= 4 is 126 Å². The topological polar surface area (TPSA) is 78.4 Å². The Morgan fingerprint density at radius 1 is 0.554 bits per heavy atom. The second-order valence-electron chi connectivity index (χ2n) is 12.9. The third-order valence-corrected chi connectivity index (χ3v) is 18.4. The van der Waals surface area contributed by atoms with Crippen LogP contribution < -0.4 is 9.47 Å². The van der Waals surface area contributed by atoms with Gasteiger partial charge in [-0.25, -0.2) is 9.97 Å². The molecule has 0 unspecified atom stereocenters. The number of hydrogen-bond acceptors (Lipinski definition) is 14. The summed E-state index contributed by atoms with van der Waals surface area (Å²) in [6, 6.07) is 32.2. The Morgan fingerprint density at radius 2 is 1.05 bits per heavy atom. The SMILES string of the molecule is O=C(Oc1ccc(SCCSCCSc2nc3ccccc3s2)cc1)C1CCC(C(=O)Oc2ccc(SCCSCSCc3nc4ccccc4s3)cc2)CC1. The predicted octanol–water partition coefficient (Wildman–Crippen LogP) is 12.6. The van der Waals surface area contributed by atoms with Gasteiger partial charge >= 0.3 is 11.9 Å². The Morgan fingerprint density at radius 3 is 1.61 bits per heavy atom. The minimum Gasteiger partial charge on any atom is -0.426 e. The van der Waals surface area contributed by atoms with E-state index >= 15 is 0 Å². The Bertz CT molecular complexity index is 1930. The first-order valence-corrected chi connectivity index (χ1v) is 26.6. The van der Waals surface area contributed by atoms with E-state index in [2.05, 4.69) is 36.4 Å². The lowest BCUT2D eigenvalue weighted by molar-refractivity contribution is -0.145. The van der Waals surface area contributed by atoms with Crippen molar-refractivity contribution in [2.45, 2.75) is 45.6 Å². The van der Waals surface area contributed by atoms with Crippen molar-refractivity contribution in [3.63, 3.8) is 0 Å². The zero-order valence-electron chi connectivity index (χ0n) is 30.7. The monoisotopic (exact) mass is 894 g/mol. The van der Waals surface area contributed by atoms with Crippen LogP contribution in [0, 0.1) is 11.8 Å². The van der Waals surface area contributed by atoms with Crippen LogP contribution in [0.5, 0.6) is 11.5 Å². The largest absolute Gasteiger partial charge is 0.426 e. The van der Waals surface area contributed by atoms with E-state index < -0.39 is 0 Å². The Kier molecular flexibility index (Phi) is 16.6. The number of aromatic nitrogens is 2. The first kappa shape index (κ1) is 41.8. The number of carbonyl (C=O) groups excluding carboxylic acids is 2. The van der Waals surface area contributed by atoms with Crippen LogP contribution in [-0.4, -0.2) is 61.5 Å². The molecule has 0 aliphatic heterocycles. The Balaban J connectivity index is 0.714. The molecule has 2 heterocycles. The highest BCUT2D eigenvalue weighted by atomic mass is 32.2. The zero-order valence-corrected chi connectivity index (χ0v) is 37.2. The second kappa shape index (κ2) is 22.2. The number of fused-ring (bicyclic) bond motifs is 2. The van der Waals surface area contributed by atoms with Crippen molar-refractivity contribution in [3.8, 4) is 11.5 Å². The highest BCUT2D eigenvalue weighted by Gasteiger charge is 2.32. The van der Waals surface area contributed by atoms with Crippen molar-refractivity contribution in [1.82, 2.24) is 9.97 Å². The third kappa shape index (κ3) is 12.8. The lowest BCUT2D eigenvalue weighted by Crippen LogP contribution is -2.30. The third-order valence-electron chi connectivity index (χ3n) is 8.93. The maximum absolute atomic E-state index is 13.0. The summed E-state index contributed by atoms with van der Waals surface area (Å²) in [4.78, 5) is 37.6. The molecule has 0 bridgehead atoms. The maximum atomic E-state index is 13.0. The number of nitrogens with zero attached hydrogens (tertiary/aromatic N) is 2. The molecule has 2 aromatic heterocycles. The first-order chi connectivity index (χ1) is 27.6. The van der Waals surface area contributed by atoms with Gasteiger partial charge < -0.3 is 9.47 Å². The highest BCUT2D eigenvalue weighted by molar-refractivity contribution is 8.16. The lowest BCUT2D eigenvalue weighted by Gasteiger charge is -2.25. The molecule has 1 fully saturated rings. The number of ether oxygens (including phenoxy) is 2. The normalized spacial score (nSPS) is 15.6. The second-order valence-corrected chi connectivity index (χ2v) is 22.4. The highest BCUT2D eigenvalue weighted by Crippen LogP contribution is 2.33.